The number of hydrogen-bond acceptors (Lipinski definition) is 6. The minimum atomic E-state index is -4.74. The first-order valence-electron chi connectivity index (χ1n) is 10.3. The van der Waals surface area contributed by atoms with Crippen molar-refractivity contribution in [2.24, 2.45) is 0 Å². The fourth-order valence-corrected chi connectivity index (χ4v) is 5.17. The molecular formula is C23H17F3N6O2S. The van der Waals surface area contributed by atoms with Gasteiger partial charge < -0.3 is 0 Å². The molecule has 2 aromatic carbocycles. The van der Waals surface area contributed by atoms with Crippen LogP contribution in [-0.4, -0.2) is 37.5 Å². The molecule has 0 saturated heterocycles. The van der Waals surface area contributed by atoms with Crippen molar-refractivity contribution >= 4 is 20.9 Å². The topological polar surface area (TPSA) is 106 Å². The molecule has 3 heterocycles. The van der Waals surface area contributed by atoms with Crippen molar-refractivity contribution in [3.05, 3.63) is 78.1 Å². The van der Waals surface area contributed by atoms with Crippen molar-refractivity contribution < 1.29 is 21.6 Å². The molecule has 0 aliphatic heterocycles. The number of alkyl halides is 3. The van der Waals surface area contributed by atoms with E-state index in [4.69, 9.17) is 0 Å². The Balaban J connectivity index is 1.85. The van der Waals surface area contributed by atoms with Crippen molar-refractivity contribution in [3.8, 4) is 22.6 Å². The van der Waals surface area contributed by atoms with Gasteiger partial charge >= 0.3 is 6.18 Å². The predicted molar refractivity (Wildman–Crippen MR) is 122 cm³/mol. The summed E-state index contributed by atoms with van der Waals surface area (Å²) in [7, 11) is -4.16. The molecule has 178 valence electrons. The normalized spacial score (nSPS) is 12.4. The van der Waals surface area contributed by atoms with E-state index in [1.165, 1.54) is 25.1 Å². The zero-order valence-electron chi connectivity index (χ0n) is 18.4. The van der Waals surface area contributed by atoms with E-state index in [9.17, 15) is 21.6 Å². The summed E-state index contributed by atoms with van der Waals surface area (Å²) in [5.74, 6) is 0.997. The number of aromatic amines is 1. The number of benzene rings is 2. The molecule has 0 aliphatic rings. The Morgan fingerprint density at radius 1 is 1.00 bits per heavy atom. The lowest BCUT2D eigenvalue weighted by atomic mass is 10.0. The summed E-state index contributed by atoms with van der Waals surface area (Å²) in [4.78, 5) is 12.0. The highest BCUT2D eigenvalue weighted by Crippen LogP contribution is 2.40. The Hall–Kier alpha value is -4.06. The molecule has 0 spiro atoms. The van der Waals surface area contributed by atoms with Crippen LogP contribution in [0.1, 0.15) is 17.2 Å². The minimum Gasteiger partial charge on any atom is -0.263 e. The molecule has 0 aliphatic carbocycles. The highest BCUT2D eigenvalue weighted by atomic mass is 32.2. The summed E-state index contributed by atoms with van der Waals surface area (Å²) >= 11 is 0. The van der Waals surface area contributed by atoms with Gasteiger partial charge in [0.15, 0.2) is 5.82 Å². The van der Waals surface area contributed by atoms with Crippen molar-refractivity contribution in [1.29, 1.82) is 0 Å². The fourth-order valence-electron chi connectivity index (χ4n) is 3.79. The number of halogens is 3. The van der Waals surface area contributed by atoms with Crippen LogP contribution in [0.15, 0.2) is 65.8 Å². The monoisotopic (exact) mass is 498 g/mol. The van der Waals surface area contributed by atoms with E-state index in [0.717, 1.165) is 10.2 Å². The number of aromatic nitrogens is 6. The van der Waals surface area contributed by atoms with Crippen LogP contribution in [-0.2, 0) is 16.2 Å². The van der Waals surface area contributed by atoms with Gasteiger partial charge in [0.05, 0.1) is 16.1 Å². The van der Waals surface area contributed by atoms with Gasteiger partial charge in [-0.3, -0.25) is 5.10 Å². The van der Waals surface area contributed by atoms with Crippen LogP contribution in [0.2, 0.25) is 0 Å². The highest BCUT2D eigenvalue weighted by molar-refractivity contribution is 7.90. The molecule has 0 radical (unpaired) electrons. The van der Waals surface area contributed by atoms with Crippen molar-refractivity contribution in [2.45, 2.75) is 24.9 Å². The van der Waals surface area contributed by atoms with E-state index >= 15 is 0 Å². The lowest BCUT2D eigenvalue weighted by Gasteiger charge is -2.11. The Kier molecular flexibility index (Phi) is 5.20. The van der Waals surface area contributed by atoms with Crippen LogP contribution in [0.4, 0.5) is 13.2 Å². The number of nitrogens with one attached hydrogen (secondary N) is 1. The third kappa shape index (κ3) is 3.95. The second-order valence-electron chi connectivity index (χ2n) is 7.81. The van der Waals surface area contributed by atoms with Gasteiger partial charge in [-0.15, -0.1) is 0 Å². The number of fused-ring (bicyclic) bond motifs is 1. The van der Waals surface area contributed by atoms with Gasteiger partial charge in [-0.25, -0.2) is 27.3 Å². The maximum Gasteiger partial charge on any atom is 0.419 e. The Morgan fingerprint density at radius 2 is 1.74 bits per heavy atom. The fraction of sp³-hybridized carbons (Fsp3) is 0.130. The smallest absolute Gasteiger partial charge is 0.263 e. The third-order valence-electron chi connectivity index (χ3n) is 5.40. The van der Waals surface area contributed by atoms with Gasteiger partial charge in [0.25, 0.3) is 10.0 Å². The number of aryl methyl sites for hydroxylation is 2. The molecule has 5 rings (SSSR count). The molecule has 3 aromatic heterocycles. The van der Waals surface area contributed by atoms with Crippen LogP contribution in [0.3, 0.4) is 0 Å². The molecule has 0 amide bonds. The molecule has 0 atom stereocenters. The van der Waals surface area contributed by atoms with Gasteiger partial charge in [0, 0.05) is 28.9 Å². The molecule has 8 nitrogen and oxygen atoms in total. The molecule has 12 heteroatoms. The van der Waals surface area contributed by atoms with E-state index < -0.39 is 27.5 Å². The molecule has 0 bridgehead atoms. The van der Waals surface area contributed by atoms with Crippen LogP contribution in [0, 0.1) is 13.8 Å². The summed E-state index contributed by atoms with van der Waals surface area (Å²) in [5.41, 5.74) is -0.805. The molecule has 0 unspecified atom stereocenters. The van der Waals surface area contributed by atoms with Gasteiger partial charge in [0.2, 0.25) is 0 Å². The number of H-pyrrole nitrogens is 1. The molecule has 35 heavy (non-hydrogen) atoms. The van der Waals surface area contributed by atoms with E-state index in [-0.39, 0.29) is 27.2 Å². The second kappa shape index (κ2) is 8.01. The molecule has 0 saturated carbocycles. The van der Waals surface area contributed by atoms with Gasteiger partial charge in [-0.2, -0.15) is 18.3 Å². The molecule has 1 N–H and O–H groups in total. The zero-order valence-corrected chi connectivity index (χ0v) is 19.2. The molecular weight excluding hydrogens is 481 g/mol. The number of rotatable bonds is 4. The first kappa shape index (κ1) is 22.7. The maximum absolute atomic E-state index is 13.8. The summed E-state index contributed by atoms with van der Waals surface area (Å²) < 4.78 is 69.6. The lowest BCUT2D eigenvalue weighted by molar-refractivity contribution is -0.137. The summed E-state index contributed by atoms with van der Waals surface area (Å²) in [6.07, 6.45) is -2.87. The SMILES string of the molecule is Cc1ncc(C(F)(F)F)c(-c2cn(S(=O)(=O)c3ccccc3)c3cc(-c4n[nH]c(C)n4)ccc23)n1. The lowest BCUT2D eigenvalue weighted by Crippen LogP contribution is -2.12. The van der Waals surface area contributed by atoms with Crippen LogP contribution >= 0.6 is 0 Å². The summed E-state index contributed by atoms with van der Waals surface area (Å²) in [5, 5.41) is 7.09. The van der Waals surface area contributed by atoms with E-state index in [1.807, 2.05) is 0 Å². The molecule has 5 aromatic rings. The van der Waals surface area contributed by atoms with Crippen LogP contribution in [0.5, 0.6) is 0 Å². The quantitative estimate of drug-likeness (QED) is 0.383. The first-order valence-corrected chi connectivity index (χ1v) is 11.8. The third-order valence-corrected chi connectivity index (χ3v) is 7.08. The predicted octanol–water partition coefficient (Wildman–Crippen LogP) is 4.76. The van der Waals surface area contributed by atoms with Crippen LogP contribution in [0.25, 0.3) is 33.5 Å². The van der Waals surface area contributed by atoms with E-state index in [1.54, 1.807) is 37.3 Å². The molecule has 0 fully saturated rings. The number of nitrogens with zero attached hydrogens (tertiary/aromatic N) is 5. The minimum absolute atomic E-state index is 0.00930. The van der Waals surface area contributed by atoms with Crippen molar-refractivity contribution in [1.82, 2.24) is 29.1 Å². The summed E-state index contributed by atoms with van der Waals surface area (Å²) in [6, 6.07) is 12.3. The average Bonchev–Trinajstić information content (AvgIpc) is 3.42. The Labute approximate surface area is 197 Å². The maximum atomic E-state index is 13.8. The summed E-state index contributed by atoms with van der Waals surface area (Å²) in [6.45, 7) is 3.18. The van der Waals surface area contributed by atoms with Crippen LogP contribution < -0.4 is 0 Å². The number of hydrogen-bond donors (Lipinski definition) is 1. The van der Waals surface area contributed by atoms with Crippen molar-refractivity contribution in [2.75, 3.05) is 0 Å². The highest BCUT2D eigenvalue weighted by Gasteiger charge is 2.36. The van der Waals surface area contributed by atoms with E-state index in [0.29, 0.717) is 23.4 Å². The average molecular weight is 498 g/mol. The Bertz CT molecular complexity index is 1670. The van der Waals surface area contributed by atoms with E-state index in [2.05, 4.69) is 25.1 Å². The van der Waals surface area contributed by atoms with Crippen molar-refractivity contribution in [3.63, 3.8) is 0 Å². The Morgan fingerprint density at radius 3 is 2.40 bits per heavy atom. The van der Waals surface area contributed by atoms with Gasteiger partial charge in [-0.1, -0.05) is 30.3 Å². The standard InChI is InChI=1S/C23H17F3N6O2S/c1-13-27-11-19(23(24,25)26)21(28-13)18-12-32(35(33,34)16-6-4-3-5-7-16)20-10-15(8-9-17(18)20)22-29-14(2)30-31-22/h3-12H,1-2H3,(H,29,30,31). The van der Waals surface area contributed by atoms with Gasteiger partial charge in [-0.05, 0) is 32.0 Å². The largest absolute Gasteiger partial charge is 0.419 e. The van der Waals surface area contributed by atoms with Gasteiger partial charge in [0.1, 0.15) is 17.2 Å². The zero-order chi connectivity index (χ0) is 25.0. The second-order valence-corrected chi connectivity index (χ2v) is 9.63. The first-order chi connectivity index (χ1) is 16.6.